The SMILES string of the molecule is CCc1occc1C(O)C(CN)c1ccc(C)c(C)c1. The summed E-state index contributed by atoms with van der Waals surface area (Å²) in [6, 6.07) is 8.08. The van der Waals surface area contributed by atoms with Crippen LogP contribution in [0.2, 0.25) is 0 Å². The van der Waals surface area contributed by atoms with E-state index in [9.17, 15) is 5.11 Å². The minimum Gasteiger partial charge on any atom is -0.469 e. The molecule has 2 aromatic rings. The number of nitrogens with two attached hydrogens (primary N) is 1. The van der Waals surface area contributed by atoms with E-state index in [2.05, 4.69) is 32.0 Å². The lowest BCUT2D eigenvalue weighted by molar-refractivity contribution is 0.145. The first kappa shape index (κ1) is 14.8. The van der Waals surface area contributed by atoms with E-state index in [0.717, 1.165) is 23.3 Å². The first-order valence-electron chi connectivity index (χ1n) is 7.10. The molecule has 0 spiro atoms. The van der Waals surface area contributed by atoms with Crippen molar-refractivity contribution in [2.24, 2.45) is 5.73 Å². The molecule has 3 heteroatoms. The van der Waals surface area contributed by atoms with Crippen LogP contribution in [0.25, 0.3) is 0 Å². The fraction of sp³-hybridized carbons (Fsp3) is 0.412. The van der Waals surface area contributed by atoms with Crippen molar-refractivity contribution >= 4 is 0 Å². The summed E-state index contributed by atoms with van der Waals surface area (Å²) in [6.07, 6.45) is 1.77. The summed E-state index contributed by atoms with van der Waals surface area (Å²) < 4.78 is 5.41. The molecular weight excluding hydrogens is 250 g/mol. The Hall–Kier alpha value is -1.58. The molecule has 0 fully saturated rings. The first-order chi connectivity index (χ1) is 9.58. The van der Waals surface area contributed by atoms with Crippen LogP contribution in [0.5, 0.6) is 0 Å². The van der Waals surface area contributed by atoms with Gasteiger partial charge in [0.2, 0.25) is 0 Å². The minimum atomic E-state index is -0.629. The third kappa shape index (κ3) is 2.79. The maximum absolute atomic E-state index is 10.7. The standard InChI is InChI=1S/C17H23NO2/c1-4-16-14(7-8-20-16)17(19)15(10-18)13-6-5-11(2)12(3)9-13/h5-9,15,17,19H,4,10,18H2,1-3H3. The smallest absolute Gasteiger partial charge is 0.109 e. The second-order valence-electron chi connectivity index (χ2n) is 5.28. The number of hydrogen-bond acceptors (Lipinski definition) is 3. The highest BCUT2D eigenvalue weighted by atomic mass is 16.3. The average Bonchev–Trinajstić information content (AvgIpc) is 2.91. The Bertz CT molecular complexity index is 574. The van der Waals surface area contributed by atoms with E-state index >= 15 is 0 Å². The quantitative estimate of drug-likeness (QED) is 0.879. The maximum atomic E-state index is 10.7. The van der Waals surface area contributed by atoms with Crippen molar-refractivity contribution in [2.45, 2.75) is 39.2 Å². The van der Waals surface area contributed by atoms with Crippen molar-refractivity contribution in [1.29, 1.82) is 0 Å². The number of aryl methyl sites for hydroxylation is 3. The summed E-state index contributed by atoms with van der Waals surface area (Å²) in [5.41, 5.74) is 10.3. The molecular formula is C17H23NO2. The Kier molecular flexibility index (Phi) is 4.63. The minimum absolute atomic E-state index is 0.114. The molecule has 2 atom stereocenters. The van der Waals surface area contributed by atoms with Gasteiger partial charge in [0.1, 0.15) is 5.76 Å². The molecule has 20 heavy (non-hydrogen) atoms. The van der Waals surface area contributed by atoms with Gasteiger partial charge in [-0.1, -0.05) is 25.1 Å². The van der Waals surface area contributed by atoms with Crippen LogP contribution >= 0.6 is 0 Å². The van der Waals surface area contributed by atoms with Gasteiger partial charge in [0.15, 0.2) is 0 Å². The monoisotopic (exact) mass is 273 g/mol. The fourth-order valence-electron chi connectivity index (χ4n) is 2.56. The Morgan fingerprint density at radius 2 is 1.95 bits per heavy atom. The number of hydrogen-bond donors (Lipinski definition) is 2. The predicted octanol–water partition coefficient (Wildman–Crippen LogP) is 3.23. The summed E-state index contributed by atoms with van der Waals surface area (Å²) in [4.78, 5) is 0. The van der Waals surface area contributed by atoms with Crippen molar-refractivity contribution in [1.82, 2.24) is 0 Å². The molecule has 0 saturated heterocycles. The number of rotatable bonds is 5. The van der Waals surface area contributed by atoms with E-state index in [1.165, 1.54) is 11.1 Å². The van der Waals surface area contributed by atoms with Gasteiger partial charge in [-0.25, -0.2) is 0 Å². The van der Waals surface area contributed by atoms with Gasteiger partial charge in [0.05, 0.1) is 12.4 Å². The fourth-order valence-corrected chi connectivity index (χ4v) is 2.56. The van der Waals surface area contributed by atoms with E-state index in [1.54, 1.807) is 6.26 Å². The molecule has 0 aliphatic rings. The summed E-state index contributed by atoms with van der Waals surface area (Å²) in [5.74, 6) is 0.719. The van der Waals surface area contributed by atoms with Crippen LogP contribution in [0, 0.1) is 13.8 Å². The lowest BCUT2D eigenvalue weighted by Gasteiger charge is -2.22. The van der Waals surface area contributed by atoms with Crippen molar-refractivity contribution in [3.63, 3.8) is 0 Å². The molecule has 3 N–H and O–H groups in total. The van der Waals surface area contributed by atoms with Crippen LogP contribution in [0.3, 0.4) is 0 Å². The Morgan fingerprint density at radius 1 is 1.20 bits per heavy atom. The molecule has 108 valence electrons. The normalized spacial score (nSPS) is 14.2. The average molecular weight is 273 g/mol. The van der Waals surface area contributed by atoms with E-state index in [0.29, 0.717) is 6.54 Å². The molecule has 0 radical (unpaired) electrons. The van der Waals surface area contributed by atoms with Crippen LogP contribution in [0.4, 0.5) is 0 Å². The van der Waals surface area contributed by atoms with E-state index in [4.69, 9.17) is 10.2 Å². The van der Waals surface area contributed by atoms with Crippen LogP contribution in [0.1, 0.15) is 47.0 Å². The van der Waals surface area contributed by atoms with Crippen LogP contribution in [-0.2, 0) is 6.42 Å². The van der Waals surface area contributed by atoms with Crippen LogP contribution < -0.4 is 5.73 Å². The zero-order chi connectivity index (χ0) is 14.7. The topological polar surface area (TPSA) is 59.4 Å². The van der Waals surface area contributed by atoms with Gasteiger partial charge in [-0.05, 0) is 36.6 Å². The van der Waals surface area contributed by atoms with Gasteiger partial charge in [-0.2, -0.15) is 0 Å². The summed E-state index contributed by atoms with van der Waals surface area (Å²) >= 11 is 0. The van der Waals surface area contributed by atoms with Crippen LogP contribution in [-0.4, -0.2) is 11.7 Å². The molecule has 2 unspecified atom stereocenters. The Labute approximate surface area is 120 Å². The van der Waals surface area contributed by atoms with Crippen molar-refractivity contribution in [3.8, 4) is 0 Å². The lowest BCUT2D eigenvalue weighted by Crippen LogP contribution is -2.20. The maximum Gasteiger partial charge on any atom is 0.109 e. The molecule has 1 heterocycles. The molecule has 1 aromatic heterocycles. The number of aliphatic hydroxyl groups is 1. The highest BCUT2D eigenvalue weighted by Crippen LogP contribution is 2.33. The lowest BCUT2D eigenvalue weighted by atomic mass is 9.87. The zero-order valence-electron chi connectivity index (χ0n) is 12.4. The van der Waals surface area contributed by atoms with Gasteiger partial charge in [0, 0.05) is 24.4 Å². The molecule has 0 aliphatic carbocycles. The second kappa shape index (κ2) is 6.25. The van der Waals surface area contributed by atoms with E-state index < -0.39 is 6.10 Å². The van der Waals surface area contributed by atoms with Crippen LogP contribution in [0.15, 0.2) is 34.9 Å². The highest BCUT2D eigenvalue weighted by Gasteiger charge is 2.25. The molecule has 0 aliphatic heterocycles. The van der Waals surface area contributed by atoms with Gasteiger partial charge >= 0.3 is 0 Å². The highest BCUT2D eigenvalue weighted by molar-refractivity contribution is 5.34. The third-order valence-electron chi connectivity index (χ3n) is 4.01. The predicted molar refractivity (Wildman–Crippen MR) is 80.8 cm³/mol. The Morgan fingerprint density at radius 3 is 2.55 bits per heavy atom. The Balaban J connectivity index is 2.34. The first-order valence-corrected chi connectivity index (χ1v) is 7.10. The second-order valence-corrected chi connectivity index (χ2v) is 5.28. The molecule has 2 rings (SSSR count). The number of aliphatic hydroxyl groups excluding tert-OH is 1. The van der Waals surface area contributed by atoms with E-state index in [-0.39, 0.29) is 5.92 Å². The molecule has 3 nitrogen and oxygen atoms in total. The van der Waals surface area contributed by atoms with Gasteiger partial charge in [-0.15, -0.1) is 0 Å². The van der Waals surface area contributed by atoms with Crippen molar-refractivity contribution < 1.29 is 9.52 Å². The summed E-state index contributed by atoms with van der Waals surface area (Å²) in [5, 5.41) is 10.7. The number of furan rings is 1. The van der Waals surface area contributed by atoms with Gasteiger partial charge in [-0.3, -0.25) is 0 Å². The molecule has 0 bridgehead atoms. The largest absolute Gasteiger partial charge is 0.469 e. The molecule has 0 amide bonds. The van der Waals surface area contributed by atoms with Gasteiger partial charge < -0.3 is 15.3 Å². The van der Waals surface area contributed by atoms with Gasteiger partial charge in [0.25, 0.3) is 0 Å². The van der Waals surface area contributed by atoms with Crippen molar-refractivity contribution in [3.05, 3.63) is 58.5 Å². The summed E-state index contributed by atoms with van der Waals surface area (Å²) in [7, 11) is 0. The molecule has 1 aromatic carbocycles. The van der Waals surface area contributed by atoms with E-state index in [1.807, 2.05) is 13.0 Å². The molecule has 0 saturated carbocycles. The van der Waals surface area contributed by atoms with Crippen molar-refractivity contribution in [2.75, 3.05) is 6.54 Å². The number of benzene rings is 1. The zero-order valence-corrected chi connectivity index (χ0v) is 12.4. The third-order valence-corrected chi connectivity index (χ3v) is 4.01. The summed E-state index contributed by atoms with van der Waals surface area (Å²) in [6.45, 7) is 6.58.